The summed E-state index contributed by atoms with van der Waals surface area (Å²) in [5.74, 6) is 1.16. The predicted molar refractivity (Wildman–Crippen MR) is 103 cm³/mol. The summed E-state index contributed by atoms with van der Waals surface area (Å²) in [6.45, 7) is 1.50. The van der Waals surface area contributed by atoms with Crippen LogP contribution in [0.5, 0.6) is 0 Å². The molecule has 0 unspecified atom stereocenters. The largest absolute Gasteiger partial charge is 0.337 e. The van der Waals surface area contributed by atoms with Gasteiger partial charge in [-0.15, -0.1) is 0 Å². The second-order valence-electron chi connectivity index (χ2n) is 7.78. The van der Waals surface area contributed by atoms with Crippen molar-refractivity contribution < 1.29 is 4.79 Å². The van der Waals surface area contributed by atoms with E-state index in [1.54, 1.807) is 17.1 Å². The van der Waals surface area contributed by atoms with Crippen LogP contribution < -0.4 is 0 Å². The molecule has 0 atom stereocenters. The number of imidazole rings is 1. The van der Waals surface area contributed by atoms with Crippen LogP contribution >= 0.6 is 0 Å². The molecule has 27 heavy (non-hydrogen) atoms. The quantitative estimate of drug-likeness (QED) is 0.718. The van der Waals surface area contributed by atoms with E-state index in [0.29, 0.717) is 17.5 Å². The van der Waals surface area contributed by atoms with Crippen molar-refractivity contribution in [1.82, 2.24) is 24.4 Å². The van der Waals surface area contributed by atoms with Crippen molar-refractivity contribution in [2.24, 2.45) is 7.05 Å². The lowest BCUT2D eigenvalue weighted by atomic mass is 9.92. The number of aryl methyl sites for hydroxylation is 1. The van der Waals surface area contributed by atoms with Crippen LogP contribution in [0.3, 0.4) is 0 Å². The van der Waals surface area contributed by atoms with Crippen LogP contribution in [0.1, 0.15) is 59.3 Å². The first-order valence-electron chi connectivity index (χ1n) is 9.71. The first-order chi connectivity index (χ1) is 13.2. The highest BCUT2D eigenvalue weighted by Gasteiger charge is 2.27. The summed E-state index contributed by atoms with van der Waals surface area (Å²) in [4.78, 5) is 28.0. The van der Waals surface area contributed by atoms with E-state index in [-0.39, 0.29) is 5.91 Å². The first-order valence-corrected chi connectivity index (χ1v) is 9.71. The zero-order chi connectivity index (χ0) is 18.4. The average molecular weight is 361 g/mol. The Kier molecular flexibility index (Phi) is 3.92. The monoisotopic (exact) mass is 361 g/mol. The maximum Gasteiger partial charge on any atom is 0.272 e. The standard InChI is InChI=1S/C21H23N5O/c1-25-13-22-12-19(25)21(27)26-8-6-15(7-9-26)18-5-4-16-10-17(14-2-3-14)11-23-20(16)24-18/h4-5,10-15H,2-3,6-9H2,1H3. The lowest BCUT2D eigenvalue weighted by Crippen LogP contribution is -2.38. The molecule has 3 aromatic heterocycles. The summed E-state index contributed by atoms with van der Waals surface area (Å²) in [6.07, 6.45) is 9.74. The second-order valence-corrected chi connectivity index (χ2v) is 7.78. The molecule has 2 aliphatic rings. The Morgan fingerprint density at radius 2 is 1.89 bits per heavy atom. The van der Waals surface area contributed by atoms with Crippen LogP contribution in [0, 0.1) is 0 Å². The van der Waals surface area contributed by atoms with Gasteiger partial charge in [0.1, 0.15) is 5.69 Å². The van der Waals surface area contributed by atoms with E-state index in [0.717, 1.165) is 42.7 Å². The number of amides is 1. The van der Waals surface area contributed by atoms with E-state index >= 15 is 0 Å². The summed E-state index contributed by atoms with van der Waals surface area (Å²) in [7, 11) is 1.85. The molecule has 0 bridgehead atoms. The van der Waals surface area contributed by atoms with Crippen LogP contribution in [0.4, 0.5) is 0 Å². The SMILES string of the molecule is Cn1cncc1C(=O)N1CCC(c2ccc3cc(C4CC4)cnc3n2)CC1. The van der Waals surface area contributed by atoms with E-state index < -0.39 is 0 Å². The summed E-state index contributed by atoms with van der Waals surface area (Å²) >= 11 is 0. The van der Waals surface area contributed by atoms with Gasteiger partial charge in [-0.1, -0.05) is 0 Å². The fraction of sp³-hybridized carbons (Fsp3) is 0.429. The van der Waals surface area contributed by atoms with Gasteiger partial charge in [0.15, 0.2) is 5.65 Å². The number of nitrogens with zero attached hydrogens (tertiary/aromatic N) is 5. The summed E-state index contributed by atoms with van der Waals surface area (Å²) in [5, 5.41) is 1.13. The van der Waals surface area contributed by atoms with Gasteiger partial charge in [0, 0.05) is 43.3 Å². The van der Waals surface area contributed by atoms with Gasteiger partial charge in [-0.05, 0) is 55.4 Å². The van der Waals surface area contributed by atoms with E-state index in [2.05, 4.69) is 28.2 Å². The van der Waals surface area contributed by atoms with Gasteiger partial charge in [0.05, 0.1) is 12.5 Å². The topological polar surface area (TPSA) is 63.9 Å². The Morgan fingerprint density at radius 1 is 1.07 bits per heavy atom. The molecule has 0 N–H and O–H groups in total. The molecular weight excluding hydrogens is 338 g/mol. The third-order valence-corrected chi connectivity index (χ3v) is 5.87. The van der Waals surface area contributed by atoms with Gasteiger partial charge < -0.3 is 9.47 Å². The molecule has 1 saturated heterocycles. The van der Waals surface area contributed by atoms with E-state index in [9.17, 15) is 4.79 Å². The third-order valence-electron chi connectivity index (χ3n) is 5.87. The van der Waals surface area contributed by atoms with Gasteiger partial charge in [-0.25, -0.2) is 15.0 Å². The molecule has 0 radical (unpaired) electrons. The minimum atomic E-state index is 0.0641. The molecule has 1 aliphatic heterocycles. The molecule has 1 aliphatic carbocycles. The zero-order valence-corrected chi connectivity index (χ0v) is 15.5. The number of piperidine rings is 1. The number of hydrogen-bond acceptors (Lipinski definition) is 4. The highest BCUT2D eigenvalue weighted by Crippen LogP contribution is 2.40. The molecular formula is C21H23N5O. The van der Waals surface area contributed by atoms with Gasteiger partial charge in [-0.2, -0.15) is 0 Å². The Hall–Kier alpha value is -2.76. The predicted octanol–water partition coefficient (Wildman–Crippen LogP) is 3.26. The van der Waals surface area contributed by atoms with E-state index in [1.165, 1.54) is 18.4 Å². The molecule has 4 heterocycles. The number of aromatic nitrogens is 4. The summed E-state index contributed by atoms with van der Waals surface area (Å²) < 4.78 is 1.78. The Labute approximate surface area is 158 Å². The van der Waals surface area contributed by atoms with Crippen molar-refractivity contribution >= 4 is 16.9 Å². The molecule has 0 aromatic carbocycles. The normalized spacial score (nSPS) is 18.2. The molecule has 0 spiro atoms. The van der Waals surface area contributed by atoms with Crippen molar-refractivity contribution in [3.63, 3.8) is 0 Å². The number of likely N-dealkylation sites (tertiary alicyclic amines) is 1. The Balaban J connectivity index is 1.29. The maximum atomic E-state index is 12.6. The van der Waals surface area contributed by atoms with Crippen molar-refractivity contribution in [3.05, 3.63) is 53.9 Å². The van der Waals surface area contributed by atoms with Crippen LogP contribution in [-0.4, -0.2) is 43.4 Å². The van der Waals surface area contributed by atoms with Crippen molar-refractivity contribution in [3.8, 4) is 0 Å². The molecule has 1 amide bonds. The molecule has 6 heteroatoms. The number of carbonyl (C=O) groups is 1. The Morgan fingerprint density at radius 3 is 2.59 bits per heavy atom. The lowest BCUT2D eigenvalue weighted by molar-refractivity contribution is 0.0702. The molecule has 1 saturated carbocycles. The van der Waals surface area contributed by atoms with Crippen molar-refractivity contribution in [1.29, 1.82) is 0 Å². The van der Waals surface area contributed by atoms with Crippen LogP contribution in [0.2, 0.25) is 0 Å². The van der Waals surface area contributed by atoms with Gasteiger partial charge in [0.2, 0.25) is 0 Å². The fourth-order valence-electron chi connectivity index (χ4n) is 4.01. The minimum Gasteiger partial charge on any atom is -0.337 e. The Bertz CT molecular complexity index is 999. The van der Waals surface area contributed by atoms with Crippen molar-refractivity contribution in [2.45, 2.75) is 37.5 Å². The second kappa shape index (κ2) is 6.44. The van der Waals surface area contributed by atoms with Gasteiger partial charge >= 0.3 is 0 Å². The van der Waals surface area contributed by atoms with Crippen molar-refractivity contribution in [2.75, 3.05) is 13.1 Å². The number of hydrogen-bond donors (Lipinski definition) is 0. The minimum absolute atomic E-state index is 0.0641. The zero-order valence-electron chi connectivity index (χ0n) is 15.5. The highest BCUT2D eigenvalue weighted by atomic mass is 16.2. The summed E-state index contributed by atoms with van der Waals surface area (Å²) in [6, 6.07) is 6.54. The molecule has 5 rings (SSSR count). The van der Waals surface area contributed by atoms with Crippen LogP contribution in [0.25, 0.3) is 11.0 Å². The highest BCUT2D eigenvalue weighted by molar-refractivity contribution is 5.92. The molecule has 138 valence electrons. The van der Waals surface area contributed by atoms with Crippen LogP contribution in [-0.2, 0) is 7.05 Å². The van der Waals surface area contributed by atoms with Gasteiger partial charge in [0.25, 0.3) is 5.91 Å². The van der Waals surface area contributed by atoms with E-state index in [1.807, 2.05) is 18.1 Å². The maximum absolute atomic E-state index is 12.6. The average Bonchev–Trinajstić information content (AvgIpc) is 3.48. The lowest BCUT2D eigenvalue weighted by Gasteiger charge is -2.31. The molecule has 3 aromatic rings. The first kappa shape index (κ1) is 16.4. The summed E-state index contributed by atoms with van der Waals surface area (Å²) in [5.41, 5.74) is 3.93. The molecule has 2 fully saturated rings. The van der Waals surface area contributed by atoms with E-state index in [4.69, 9.17) is 4.98 Å². The number of carbonyl (C=O) groups excluding carboxylic acids is 1. The fourth-order valence-corrected chi connectivity index (χ4v) is 4.01. The number of pyridine rings is 2. The smallest absolute Gasteiger partial charge is 0.272 e. The molecule has 6 nitrogen and oxygen atoms in total. The number of rotatable bonds is 3. The third kappa shape index (κ3) is 3.09. The van der Waals surface area contributed by atoms with Crippen LogP contribution in [0.15, 0.2) is 36.9 Å². The van der Waals surface area contributed by atoms with Gasteiger partial charge in [-0.3, -0.25) is 4.79 Å². The number of fused-ring (bicyclic) bond motifs is 1.